The van der Waals surface area contributed by atoms with Gasteiger partial charge in [-0.05, 0) is 91.9 Å². The molecule has 0 spiro atoms. The zero-order valence-corrected chi connectivity index (χ0v) is 16.8. The Morgan fingerprint density at radius 2 is 2.04 bits per heavy atom. The molecule has 27 heavy (non-hydrogen) atoms. The number of anilines is 1. The van der Waals surface area contributed by atoms with Crippen LogP contribution in [0.25, 0.3) is 0 Å². The summed E-state index contributed by atoms with van der Waals surface area (Å²) in [6, 6.07) is 3.79. The molecule has 3 aliphatic rings. The highest BCUT2D eigenvalue weighted by atomic mass is 32.2. The lowest BCUT2D eigenvalue weighted by Crippen LogP contribution is -2.43. The second kappa shape index (κ2) is 6.64. The number of benzene rings is 1. The molecule has 0 bridgehead atoms. The molecule has 1 aromatic carbocycles. The van der Waals surface area contributed by atoms with Gasteiger partial charge in [0.25, 0.3) is 0 Å². The van der Waals surface area contributed by atoms with Crippen molar-refractivity contribution in [3.63, 3.8) is 0 Å². The molecule has 3 N–H and O–H groups in total. The van der Waals surface area contributed by atoms with Crippen LogP contribution in [0.3, 0.4) is 0 Å². The number of aliphatic hydroxyl groups is 1. The van der Waals surface area contributed by atoms with Crippen LogP contribution < -0.4 is 9.46 Å². The lowest BCUT2D eigenvalue weighted by Gasteiger charge is -2.50. The number of aliphatic hydroxyl groups excluding tert-OH is 1. The number of aryl methyl sites for hydroxylation is 1. The van der Waals surface area contributed by atoms with Gasteiger partial charge < -0.3 is 9.84 Å². The molecule has 2 fully saturated rings. The molecule has 0 heterocycles. The van der Waals surface area contributed by atoms with Gasteiger partial charge in [-0.25, -0.2) is 0 Å². The summed E-state index contributed by atoms with van der Waals surface area (Å²) in [4.78, 5) is 0. The van der Waals surface area contributed by atoms with Crippen LogP contribution in [-0.4, -0.2) is 30.8 Å². The summed E-state index contributed by atoms with van der Waals surface area (Å²) < 4.78 is 39.7. The highest BCUT2D eigenvalue weighted by Gasteiger charge is 2.54. The van der Waals surface area contributed by atoms with E-state index in [0.29, 0.717) is 35.8 Å². The number of rotatable bonds is 4. The number of ether oxygens (including phenoxy) is 1. The maximum Gasteiger partial charge on any atom is 0.357 e. The topological polar surface area (TPSA) is 95.9 Å². The van der Waals surface area contributed by atoms with Crippen LogP contribution in [-0.2, 0) is 16.7 Å². The standard InChI is InChI=1S/C20H29NO5S/c1-3-26-18-11-15-12(10-17(18)21-27(23,24)25)4-5-14-13(15)8-9-20(2)16(14)6-7-19(20)22/h10-11,13-14,16,19,21-22H,3-9H2,1-2H3,(H,23,24,25)/t13?,14?,16?,19-,20+/m1/s1. The molecular formula is C20H29NO5S. The van der Waals surface area contributed by atoms with Crippen molar-refractivity contribution in [2.45, 2.75) is 64.4 Å². The minimum atomic E-state index is -4.35. The summed E-state index contributed by atoms with van der Waals surface area (Å²) >= 11 is 0. The van der Waals surface area contributed by atoms with Crippen molar-refractivity contribution in [2.75, 3.05) is 11.3 Å². The van der Waals surface area contributed by atoms with Gasteiger partial charge in [-0.2, -0.15) is 8.42 Å². The van der Waals surface area contributed by atoms with Gasteiger partial charge in [-0.1, -0.05) is 6.92 Å². The normalized spacial score (nSPS) is 35.1. The molecule has 5 atom stereocenters. The van der Waals surface area contributed by atoms with E-state index in [1.165, 1.54) is 5.56 Å². The van der Waals surface area contributed by atoms with E-state index in [0.717, 1.165) is 44.1 Å². The van der Waals surface area contributed by atoms with E-state index in [1.54, 1.807) is 0 Å². The summed E-state index contributed by atoms with van der Waals surface area (Å²) in [6.07, 6.45) is 5.81. The SMILES string of the molecule is CCOc1cc2c(cc1NS(=O)(=O)O)CCC1C2CC[C@@]2(C)C1CC[C@H]2O. The Kier molecular flexibility index (Phi) is 4.68. The lowest BCUT2D eigenvalue weighted by molar-refractivity contribution is -0.0226. The van der Waals surface area contributed by atoms with E-state index in [9.17, 15) is 18.1 Å². The molecule has 4 rings (SSSR count). The Balaban J connectivity index is 1.71. The minimum absolute atomic E-state index is 0.0356. The van der Waals surface area contributed by atoms with Gasteiger partial charge in [0.2, 0.25) is 0 Å². The van der Waals surface area contributed by atoms with Gasteiger partial charge in [-0.15, -0.1) is 0 Å². The average Bonchev–Trinajstić information content (AvgIpc) is 2.89. The van der Waals surface area contributed by atoms with E-state index < -0.39 is 10.3 Å². The third kappa shape index (κ3) is 3.23. The predicted molar refractivity (Wildman–Crippen MR) is 103 cm³/mol. The third-order valence-corrected chi connectivity index (χ3v) is 7.79. The molecule has 150 valence electrons. The minimum Gasteiger partial charge on any atom is -0.492 e. The first-order valence-electron chi connectivity index (χ1n) is 9.96. The summed E-state index contributed by atoms with van der Waals surface area (Å²) in [7, 11) is -4.35. The fraction of sp³-hybridized carbons (Fsp3) is 0.700. The zero-order chi connectivity index (χ0) is 19.4. The van der Waals surface area contributed by atoms with Gasteiger partial charge in [0, 0.05) is 0 Å². The lowest BCUT2D eigenvalue weighted by atomic mass is 9.55. The second-order valence-corrected chi connectivity index (χ2v) is 9.76. The van der Waals surface area contributed by atoms with Crippen LogP contribution in [0.4, 0.5) is 5.69 Å². The summed E-state index contributed by atoms with van der Waals surface area (Å²) in [6.45, 7) is 4.52. The quantitative estimate of drug-likeness (QED) is 0.678. The number of hydrogen-bond donors (Lipinski definition) is 3. The van der Waals surface area contributed by atoms with Crippen molar-refractivity contribution >= 4 is 16.0 Å². The van der Waals surface area contributed by atoms with Crippen molar-refractivity contribution in [3.05, 3.63) is 23.3 Å². The Bertz CT molecular complexity index is 839. The third-order valence-electron chi connectivity index (χ3n) is 7.31. The van der Waals surface area contributed by atoms with Gasteiger partial charge in [-0.3, -0.25) is 9.27 Å². The predicted octanol–water partition coefficient (Wildman–Crippen LogP) is 3.52. The van der Waals surface area contributed by atoms with Crippen molar-refractivity contribution in [1.29, 1.82) is 0 Å². The van der Waals surface area contributed by atoms with Gasteiger partial charge in [0.05, 0.1) is 18.4 Å². The number of nitrogens with one attached hydrogen (secondary N) is 1. The van der Waals surface area contributed by atoms with Gasteiger partial charge in [0.1, 0.15) is 5.75 Å². The molecule has 0 aliphatic heterocycles. The van der Waals surface area contributed by atoms with Gasteiger partial charge >= 0.3 is 10.3 Å². The molecule has 3 aliphatic carbocycles. The fourth-order valence-electron chi connectivity index (χ4n) is 6.07. The fourth-order valence-corrected chi connectivity index (χ4v) is 6.50. The van der Waals surface area contributed by atoms with Crippen molar-refractivity contribution in [1.82, 2.24) is 0 Å². The molecular weight excluding hydrogens is 366 g/mol. The van der Waals surface area contributed by atoms with Crippen LogP contribution in [0.2, 0.25) is 0 Å². The van der Waals surface area contributed by atoms with Crippen molar-refractivity contribution in [2.24, 2.45) is 17.3 Å². The number of hydrogen-bond acceptors (Lipinski definition) is 4. The molecule has 7 heteroatoms. The first kappa shape index (κ1) is 19.0. The highest BCUT2D eigenvalue weighted by Crippen LogP contribution is 2.61. The first-order valence-corrected chi connectivity index (χ1v) is 11.4. The summed E-state index contributed by atoms with van der Waals surface area (Å²) in [5.74, 6) is 2.00. The smallest absolute Gasteiger partial charge is 0.357 e. The molecule has 2 saturated carbocycles. The maximum atomic E-state index is 11.3. The molecule has 0 radical (unpaired) electrons. The Morgan fingerprint density at radius 1 is 1.26 bits per heavy atom. The van der Waals surface area contributed by atoms with Crippen molar-refractivity contribution in [3.8, 4) is 5.75 Å². The molecule has 0 saturated heterocycles. The maximum absolute atomic E-state index is 11.3. The van der Waals surface area contributed by atoms with Gasteiger partial charge in [0.15, 0.2) is 0 Å². The molecule has 6 nitrogen and oxygen atoms in total. The van der Waals surface area contributed by atoms with Crippen LogP contribution in [0.5, 0.6) is 5.75 Å². The first-order chi connectivity index (χ1) is 12.7. The molecule has 0 aromatic heterocycles. The molecule has 0 amide bonds. The Morgan fingerprint density at radius 3 is 2.74 bits per heavy atom. The Hall–Kier alpha value is -1.31. The molecule has 3 unspecified atom stereocenters. The largest absolute Gasteiger partial charge is 0.492 e. The van der Waals surface area contributed by atoms with E-state index in [4.69, 9.17) is 4.74 Å². The van der Waals surface area contributed by atoms with Crippen molar-refractivity contribution < 1.29 is 22.8 Å². The summed E-state index contributed by atoms with van der Waals surface area (Å²) in [5.41, 5.74) is 2.72. The van der Waals surface area contributed by atoms with Crippen LogP contribution in [0, 0.1) is 17.3 Å². The van der Waals surface area contributed by atoms with E-state index in [-0.39, 0.29) is 11.5 Å². The van der Waals surface area contributed by atoms with Crippen LogP contribution >= 0.6 is 0 Å². The zero-order valence-electron chi connectivity index (χ0n) is 15.9. The van der Waals surface area contributed by atoms with E-state index in [2.05, 4.69) is 11.6 Å². The highest BCUT2D eigenvalue weighted by molar-refractivity contribution is 7.87. The number of fused-ring (bicyclic) bond motifs is 5. The Labute approximate surface area is 161 Å². The second-order valence-electron chi connectivity index (χ2n) is 8.61. The van der Waals surface area contributed by atoms with E-state index >= 15 is 0 Å². The summed E-state index contributed by atoms with van der Waals surface area (Å²) in [5, 5.41) is 10.5. The monoisotopic (exact) mass is 395 g/mol. The van der Waals surface area contributed by atoms with Crippen LogP contribution in [0.15, 0.2) is 12.1 Å². The molecule has 1 aromatic rings. The average molecular weight is 396 g/mol. The van der Waals surface area contributed by atoms with Crippen LogP contribution in [0.1, 0.15) is 63.0 Å². The van der Waals surface area contributed by atoms with E-state index in [1.807, 2.05) is 19.1 Å².